The van der Waals surface area contributed by atoms with Crippen molar-refractivity contribution in [3.8, 4) is 0 Å². The molecule has 0 saturated heterocycles. The monoisotopic (exact) mass is 525 g/mol. The molecule has 0 amide bonds. The van der Waals surface area contributed by atoms with Gasteiger partial charge in [0.2, 0.25) is 0 Å². The normalized spacial score (nSPS) is 11.9. The predicted octanol–water partition coefficient (Wildman–Crippen LogP) is 11.3. The molecule has 0 saturated carbocycles. The fraction of sp³-hybridized carbons (Fsp3) is 0. The van der Waals surface area contributed by atoms with Crippen LogP contribution in [-0.2, 0) is 0 Å². The highest BCUT2D eigenvalue weighted by Crippen LogP contribution is 2.47. The molecule has 0 unspecified atom stereocenters. The lowest BCUT2D eigenvalue weighted by molar-refractivity contribution is 0.667. The quantitative estimate of drug-likeness (QED) is 0.230. The molecule has 0 aliphatic rings. The van der Waals surface area contributed by atoms with Crippen molar-refractivity contribution < 1.29 is 8.83 Å². The molecular weight excluding hydrogens is 502 g/mol. The Hall–Kier alpha value is -5.54. The van der Waals surface area contributed by atoms with E-state index in [0.717, 1.165) is 71.7 Å². The van der Waals surface area contributed by atoms with E-state index in [4.69, 9.17) is 8.83 Å². The van der Waals surface area contributed by atoms with E-state index < -0.39 is 0 Å². The largest absolute Gasteiger partial charge is 0.454 e. The van der Waals surface area contributed by atoms with Gasteiger partial charge in [-0.1, -0.05) is 109 Å². The number of hydrogen-bond acceptors (Lipinski definition) is 3. The van der Waals surface area contributed by atoms with Crippen LogP contribution < -0.4 is 4.90 Å². The fourth-order valence-electron chi connectivity index (χ4n) is 6.39. The highest BCUT2D eigenvalue weighted by atomic mass is 16.3. The van der Waals surface area contributed by atoms with Crippen molar-refractivity contribution in [1.29, 1.82) is 0 Å². The van der Waals surface area contributed by atoms with Gasteiger partial charge in [-0.25, -0.2) is 0 Å². The summed E-state index contributed by atoms with van der Waals surface area (Å²) in [5.74, 6) is 0. The molecule has 0 aliphatic carbocycles. The van der Waals surface area contributed by atoms with Crippen LogP contribution in [0.1, 0.15) is 0 Å². The summed E-state index contributed by atoms with van der Waals surface area (Å²) in [5, 5.41) is 9.01. The van der Waals surface area contributed by atoms with Gasteiger partial charge >= 0.3 is 0 Å². The summed E-state index contributed by atoms with van der Waals surface area (Å²) in [5.41, 5.74) is 6.47. The van der Waals surface area contributed by atoms with E-state index >= 15 is 0 Å². The first-order valence-corrected chi connectivity index (χ1v) is 13.9. The van der Waals surface area contributed by atoms with Crippen molar-refractivity contribution in [2.24, 2.45) is 0 Å². The van der Waals surface area contributed by atoms with Gasteiger partial charge in [0.15, 0.2) is 11.2 Å². The summed E-state index contributed by atoms with van der Waals surface area (Å²) in [6.45, 7) is 0. The van der Waals surface area contributed by atoms with Crippen molar-refractivity contribution in [1.82, 2.24) is 0 Å². The molecule has 0 aliphatic heterocycles. The SMILES string of the molecule is c1ccc2c(N(c3cccc4c3oc3ccccc34)c3cccc4c3oc3c5ccccc5ccc43)cccc2c1. The molecule has 0 radical (unpaired) electrons. The molecule has 3 heteroatoms. The maximum atomic E-state index is 6.83. The van der Waals surface area contributed by atoms with Crippen molar-refractivity contribution in [2.45, 2.75) is 0 Å². The summed E-state index contributed by atoms with van der Waals surface area (Å²) >= 11 is 0. The van der Waals surface area contributed by atoms with E-state index in [0.29, 0.717) is 0 Å². The standard InChI is InChI=1S/C38H23NO2/c1-3-13-26-24(10-1)12-7-18-32(26)39(33-19-8-16-29-28-15-5-6-21-35(28)40-37(29)33)34-20-9-17-30-31-23-22-25-11-2-4-14-27(25)36(31)41-38(30)34/h1-23H. The molecule has 0 spiro atoms. The Morgan fingerprint density at radius 2 is 0.829 bits per heavy atom. The number of furan rings is 2. The third-order valence-electron chi connectivity index (χ3n) is 8.24. The zero-order chi connectivity index (χ0) is 26.9. The fourth-order valence-corrected chi connectivity index (χ4v) is 6.39. The second kappa shape index (κ2) is 8.48. The van der Waals surface area contributed by atoms with Crippen molar-refractivity contribution in [2.75, 3.05) is 4.90 Å². The van der Waals surface area contributed by atoms with Gasteiger partial charge in [0, 0.05) is 32.3 Å². The summed E-state index contributed by atoms with van der Waals surface area (Å²) < 4.78 is 13.4. The van der Waals surface area contributed by atoms with Crippen LogP contribution in [0, 0.1) is 0 Å². The van der Waals surface area contributed by atoms with Gasteiger partial charge in [0.05, 0.1) is 17.1 Å². The molecule has 0 N–H and O–H groups in total. The zero-order valence-corrected chi connectivity index (χ0v) is 22.0. The third kappa shape index (κ3) is 3.20. The highest BCUT2D eigenvalue weighted by Gasteiger charge is 2.24. The van der Waals surface area contributed by atoms with Gasteiger partial charge in [-0.2, -0.15) is 0 Å². The Balaban J connectivity index is 1.42. The lowest BCUT2D eigenvalue weighted by Gasteiger charge is -2.27. The first-order valence-electron chi connectivity index (χ1n) is 13.9. The van der Waals surface area contributed by atoms with Crippen molar-refractivity contribution >= 4 is 82.5 Å². The van der Waals surface area contributed by atoms with E-state index in [1.54, 1.807) is 0 Å². The minimum atomic E-state index is 0.847. The van der Waals surface area contributed by atoms with Crippen molar-refractivity contribution in [3.05, 3.63) is 140 Å². The maximum absolute atomic E-state index is 6.83. The molecule has 3 nitrogen and oxygen atoms in total. The number of para-hydroxylation sites is 3. The van der Waals surface area contributed by atoms with E-state index in [2.05, 4.69) is 132 Å². The average molecular weight is 526 g/mol. The van der Waals surface area contributed by atoms with E-state index in [-0.39, 0.29) is 0 Å². The summed E-state index contributed by atoms with van der Waals surface area (Å²) in [6.07, 6.45) is 0. The molecule has 2 aromatic heterocycles. The summed E-state index contributed by atoms with van der Waals surface area (Å²) in [4.78, 5) is 2.31. The molecule has 0 atom stereocenters. The summed E-state index contributed by atoms with van der Waals surface area (Å²) in [7, 11) is 0. The van der Waals surface area contributed by atoms with Crippen molar-refractivity contribution in [3.63, 3.8) is 0 Å². The van der Waals surface area contributed by atoms with Crippen LogP contribution in [0.2, 0.25) is 0 Å². The van der Waals surface area contributed by atoms with Gasteiger partial charge in [-0.05, 0) is 41.1 Å². The Kier molecular flexibility index (Phi) is 4.61. The minimum Gasteiger partial charge on any atom is -0.454 e. The lowest BCUT2D eigenvalue weighted by Crippen LogP contribution is -2.11. The second-order valence-corrected chi connectivity index (χ2v) is 10.5. The molecule has 41 heavy (non-hydrogen) atoms. The van der Waals surface area contributed by atoms with Crippen LogP contribution in [0.5, 0.6) is 0 Å². The predicted molar refractivity (Wildman–Crippen MR) is 171 cm³/mol. The smallest absolute Gasteiger partial charge is 0.159 e. The second-order valence-electron chi connectivity index (χ2n) is 10.5. The highest BCUT2D eigenvalue weighted by molar-refractivity contribution is 6.19. The Morgan fingerprint density at radius 1 is 0.317 bits per heavy atom. The van der Waals surface area contributed by atoms with E-state index in [9.17, 15) is 0 Å². The van der Waals surface area contributed by atoms with Gasteiger partial charge in [-0.15, -0.1) is 0 Å². The molecule has 0 bridgehead atoms. The number of nitrogens with zero attached hydrogens (tertiary/aromatic N) is 1. The number of fused-ring (bicyclic) bond motifs is 9. The van der Waals surface area contributed by atoms with E-state index in [1.807, 2.05) is 12.1 Å². The van der Waals surface area contributed by atoms with Crippen LogP contribution in [0.3, 0.4) is 0 Å². The molecule has 9 aromatic rings. The third-order valence-corrected chi connectivity index (χ3v) is 8.24. The van der Waals surface area contributed by atoms with Crippen LogP contribution in [0.4, 0.5) is 17.1 Å². The average Bonchev–Trinajstić information content (AvgIpc) is 3.61. The number of hydrogen-bond donors (Lipinski definition) is 0. The Morgan fingerprint density at radius 3 is 1.63 bits per heavy atom. The lowest BCUT2D eigenvalue weighted by atomic mass is 10.0. The molecule has 7 aromatic carbocycles. The Labute approximate surface area is 235 Å². The molecule has 2 heterocycles. The van der Waals surface area contributed by atoms with E-state index in [1.165, 1.54) is 10.8 Å². The minimum absolute atomic E-state index is 0.847. The summed E-state index contributed by atoms with van der Waals surface area (Å²) in [6, 6.07) is 48.8. The van der Waals surface area contributed by atoms with Crippen LogP contribution in [0.15, 0.2) is 148 Å². The number of benzene rings is 7. The molecule has 0 fully saturated rings. The number of rotatable bonds is 3. The van der Waals surface area contributed by atoms with Crippen LogP contribution in [0.25, 0.3) is 65.4 Å². The first-order chi connectivity index (χ1) is 20.3. The van der Waals surface area contributed by atoms with Gasteiger partial charge < -0.3 is 13.7 Å². The maximum Gasteiger partial charge on any atom is 0.159 e. The Bertz CT molecular complexity index is 2440. The molecular formula is C38H23NO2. The number of anilines is 3. The van der Waals surface area contributed by atoms with Crippen LogP contribution >= 0.6 is 0 Å². The van der Waals surface area contributed by atoms with Gasteiger partial charge in [-0.3, -0.25) is 0 Å². The molecule has 9 rings (SSSR count). The van der Waals surface area contributed by atoms with Gasteiger partial charge in [0.25, 0.3) is 0 Å². The topological polar surface area (TPSA) is 29.5 Å². The first kappa shape index (κ1) is 22.3. The van der Waals surface area contributed by atoms with Crippen LogP contribution in [-0.4, -0.2) is 0 Å². The van der Waals surface area contributed by atoms with Gasteiger partial charge in [0.1, 0.15) is 11.2 Å². The zero-order valence-electron chi connectivity index (χ0n) is 22.0. The molecule has 192 valence electrons.